The molecule has 0 aromatic heterocycles. The Morgan fingerprint density at radius 1 is 1.30 bits per heavy atom. The molecule has 2 aromatic rings. The van der Waals surface area contributed by atoms with Crippen LogP contribution in [0.5, 0.6) is 0 Å². The molecule has 1 unspecified atom stereocenters. The van der Waals surface area contributed by atoms with E-state index in [1.807, 2.05) is 25.1 Å². The van der Waals surface area contributed by atoms with E-state index in [4.69, 9.17) is 0 Å². The van der Waals surface area contributed by atoms with Gasteiger partial charge in [0.25, 0.3) is 5.69 Å². The second-order valence-electron chi connectivity index (χ2n) is 4.82. The Morgan fingerprint density at radius 2 is 2.10 bits per heavy atom. The number of hydrogen-bond acceptors (Lipinski definition) is 4. The minimum Gasteiger partial charge on any atom is -0.372 e. The van der Waals surface area contributed by atoms with Crippen LogP contribution >= 0.6 is 11.8 Å². The molecule has 1 aliphatic rings. The van der Waals surface area contributed by atoms with Crippen LogP contribution in [0.25, 0.3) is 0 Å². The van der Waals surface area contributed by atoms with Crippen molar-refractivity contribution in [3.8, 4) is 0 Å². The molecule has 0 fully saturated rings. The summed E-state index contributed by atoms with van der Waals surface area (Å²) < 4.78 is 0. The maximum atomic E-state index is 11.1. The highest BCUT2D eigenvalue weighted by molar-refractivity contribution is 7.99. The summed E-state index contributed by atoms with van der Waals surface area (Å²) in [7, 11) is 0. The molecule has 0 saturated carbocycles. The predicted molar refractivity (Wildman–Crippen MR) is 81.4 cm³/mol. The molecule has 3 rings (SSSR count). The van der Waals surface area contributed by atoms with Crippen molar-refractivity contribution in [3.63, 3.8) is 0 Å². The fraction of sp³-hybridized carbons (Fsp3) is 0.200. The number of thioether (sulfide) groups is 1. The molecule has 2 aromatic carbocycles. The standard InChI is InChI=1S/C15H14N2O2S/c1-10-6-7-14(17(18)19)12(8-10)16-13-9-20-15-5-3-2-4-11(13)15/h2-8,13,16H,9H2,1H3. The van der Waals surface area contributed by atoms with Crippen LogP contribution in [0.3, 0.4) is 0 Å². The molecule has 1 aliphatic heterocycles. The van der Waals surface area contributed by atoms with E-state index in [0.717, 1.165) is 11.3 Å². The van der Waals surface area contributed by atoms with Crippen LogP contribution in [-0.4, -0.2) is 10.7 Å². The van der Waals surface area contributed by atoms with Crippen LogP contribution in [0.1, 0.15) is 17.2 Å². The molecule has 102 valence electrons. The van der Waals surface area contributed by atoms with Gasteiger partial charge in [-0.25, -0.2) is 0 Å². The Labute approximate surface area is 121 Å². The van der Waals surface area contributed by atoms with Crippen molar-refractivity contribution in [2.75, 3.05) is 11.1 Å². The zero-order valence-electron chi connectivity index (χ0n) is 11.0. The number of anilines is 1. The molecule has 20 heavy (non-hydrogen) atoms. The summed E-state index contributed by atoms with van der Waals surface area (Å²) >= 11 is 1.78. The zero-order valence-corrected chi connectivity index (χ0v) is 11.8. The van der Waals surface area contributed by atoms with E-state index in [0.29, 0.717) is 5.69 Å². The number of nitro groups is 1. The quantitative estimate of drug-likeness (QED) is 0.680. The molecule has 5 heteroatoms. The van der Waals surface area contributed by atoms with Crippen LogP contribution < -0.4 is 5.32 Å². The fourth-order valence-corrected chi connectivity index (χ4v) is 3.56. The maximum Gasteiger partial charge on any atom is 0.292 e. The summed E-state index contributed by atoms with van der Waals surface area (Å²) in [6.07, 6.45) is 0. The highest BCUT2D eigenvalue weighted by Crippen LogP contribution is 2.40. The summed E-state index contributed by atoms with van der Waals surface area (Å²) in [6.45, 7) is 1.94. The average Bonchev–Trinajstić information content (AvgIpc) is 2.82. The summed E-state index contributed by atoms with van der Waals surface area (Å²) in [5.74, 6) is 0.893. The molecular formula is C15H14N2O2S. The number of benzene rings is 2. The lowest BCUT2D eigenvalue weighted by atomic mass is 10.1. The summed E-state index contributed by atoms with van der Waals surface area (Å²) in [5, 5.41) is 14.4. The molecule has 1 atom stereocenters. The number of aryl methyl sites for hydroxylation is 1. The molecular weight excluding hydrogens is 272 g/mol. The largest absolute Gasteiger partial charge is 0.372 e. The van der Waals surface area contributed by atoms with Gasteiger partial charge >= 0.3 is 0 Å². The molecule has 0 saturated heterocycles. The maximum absolute atomic E-state index is 11.1. The minimum atomic E-state index is -0.338. The number of rotatable bonds is 3. The summed E-state index contributed by atoms with van der Waals surface area (Å²) in [6, 6.07) is 13.5. The van der Waals surface area contributed by atoms with E-state index < -0.39 is 0 Å². The molecule has 1 N–H and O–H groups in total. The van der Waals surface area contributed by atoms with E-state index in [1.165, 1.54) is 10.5 Å². The average molecular weight is 286 g/mol. The lowest BCUT2D eigenvalue weighted by Crippen LogP contribution is -2.11. The van der Waals surface area contributed by atoms with E-state index in [-0.39, 0.29) is 16.7 Å². The second kappa shape index (κ2) is 5.17. The second-order valence-corrected chi connectivity index (χ2v) is 5.89. The Hall–Kier alpha value is -2.01. The first-order valence-corrected chi connectivity index (χ1v) is 7.37. The highest BCUT2D eigenvalue weighted by atomic mass is 32.2. The molecule has 0 amide bonds. The summed E-state index contributed by atoms with van der Waals surface area (Å²) in [5.41, 5.74) is 2.95. The van der Waals surface area contributed by atoms with Gasteiger partial charge in [-0.15, -0.1) is 11.8 Å². The van der Waals surface area contributed by atoms with Crippen LogP contribution in [0.4, 0.5) is 11.4 Å². The number of fused-ring (bicyclic) bond motifs is 1. The lowest BCUT2D eigenvalue weighted by molar-refractivity contribution is -0.384. The Morgan fingerprint density at radius 3 is 2.90 bits per heavy atom. The molecule has 1 heterocycles. The zero-order chi connectivity index (χ0) is 14.1. The lowest BCUT2D eigenvalue weighted by Gasteiger charge is -2.15. The predicted octanol–water partition coefficient (Wildman–Crippen LogP) is 4.16. The number of nitro benzene ring substituents is 1. The van der Waals surface area contributed by atoms with E-state index in [2.05, 4.69) is 17.4 Å². The van der Waals surface area contributed by atoms with Gasteiger partial charge in [-0.05, 0) is 30.2 Å². The van der Waals surface area contributed by atoms with E-state index in [9.17, 15) is 10.1 Å². The van der Waals surface area contributed by atoms with Crippen molar-refractivity contribution in [1.82, 2.24) is 0 Å². The van der Waals surface area contributed by atoms with Gasteiger partial charge in [0.1, 0.15) is 5.69 Å². The van der Waals surface area contributed by atoms with Crippen LogP contribution in [0.2, 0.25) is 0 Å². The Kier molecular flexibility index (Phi) is 3.36. The van der Waals surface area contributed by atoms with Gasteiger partial charge in [-0.1, -0.05) is 24.3 Å². The van der Waals surface area contributed by atoms with Gasteiger partial charge in [0, 0.05) is 16.7 Å². The van der Waals surface area contributed by atoms with Gasteiger partial charge in [0.2, 0.25) is 0 Å². The van der Waals surface area contributed by atoms with Crippen molar-refractivity contribution in [2.24, 2.45) is 0 Å². The first-order valence-electron chi connectivity index (χ1n) is 6.38. The normalized spacial score (nSPS) is 16.8. The number of nitrogens with one attached hydrogen (secondary N) is 1. The first kappa shape index (κ1) is 13.0. The third-order valence-electron chi connectivity index (χ3n) is 3.38. The van der Waals surface area contributed by atoms with Crippen molar-refractivity contribution >= 4 is 23.1 Å². The van der Waals surface area contributed by atoms with Gasteiger partial charge in [0.05, 0.1) is 11.0 Å². The third-order valence-corrected chi connectivity index (χ3v) is 4.56. The van der Waals surface area contributed by atoms with Crippen LogP contribution in [0, 0.1) is 17.0 Å². The van der Waals surface area contributed by atoms with Gasteiger partial charge in [-0.3, -0.25) is 10.1 Å². The highest BCUT2D eigenvalue weighted by Gasteiger charge is 2.25. The number of hydrogen-bond donors (Lipinski definition) is 1. The SMILES string of the molecule is Cc1ccc([N+](=O)[O-])c(NC2CSc3ccccc32)c1. The van der Waals surface area contributed by atoms with Crippen LogP contribution in [0.15, 0.2) is 47.4 Å². The smallest absolute Gasteiger partial charge is 0.292 e. The molecule has 0 radical (unpaired) electrons. The van der Waals surface area contributed by atoms with Crippen molar-refractivity contribution < 1.29 is 4.92 Å². The van der Waals surface area contributed by atoms with Gasteiger partial charge in [-0.2, -0.15) is 0 Å². The first-order chi connectivity index (χ1) is 9.65. The van der Waals surface area contributed by atoms with Crippen LogP contribution in [-0.2, 0) is 0 Å². The molecule has 0 spiro atoms. The van der Waals surface area contributed by atoms with E-state index in [1.54, 1.807) is 23.9 Å². The minimum absolute atomic E-state index is 0.122. The van der Waals surface area contributed by atoms with Crippen molar-refractivity contribution in [1.29, 1.82) is 0 Å². The topological polar surface area (TPSA) is 55.2 Å². The van der Waals surface area contributed by atoms with Crippen molar-refractivity contribution in [3.05, 3.63) is 63.7 Å². The van der Waals surface area contributed by atoms with E-state index >= 15 is 0 Å². The van der Waals surface area contributed by atoms with Gasteiger partial charge in [0.15, 0.2) is 0 Å². The summed E-state index contributed by atoms with van der Waals surface area (Å²) in [4.78, 5) is 12.0. The molecule has 0 bridgehead atoms. The molecule has 4 nitrogen and oxygen atoms in total. The third kappa shape index (κ3) is 2.36. The van der Waals surface area contributed by atoms with Gasteiger partial charge < -0.3 is 5.32 Å². The fourth-order valence-electron chi connectivity index (χ4n) is 2.39. The number of nitrogens with zero attached hydrogens (tertiary/aromatic N) is 1. The molecule has 0 aliphatic carbocycles. The Bertz CT molecular complexity index is 673. The Balaban J connectivity index is 1.93. The monoisotopic (exact) mass is 286 g/mol. The van der Waals surface area contributed by atoms with Crippen molar-refractivity contribution in [2.45, 2.75) is 17.9 Å².